The molecule has 0 saturated heterocycles. The van der Waals surface area contributed by atoms with E-state index in [1.54, 1.807) is 11.3 Å². The second kappa shape index (κ2) is 6.46. The highest BCUT2D eigenvalue weighted by Crippen LogP contribution is 2.10. The summed E-state index contributed by atoms with van der Waals surface area (Å²) >= 11 is 7.61. The van der Waals surface area contributed by atoms with Crippen molar-refractivity contribution in [3.05, 3.63) is 16.1 Å². The smallest absolute Gasteiger partial charge is 0.107 e. The maximum absolute atomic E-state index is 5.90. The molecule has 1 aromatic heterocycles. The van der Waals surface area contributed by atoms with Gasteiger partial charge in [-0.3, -0.25) is 0 Å². The topological polar surface area (TPSA) is 24.9 Å². The van der Waals surface area contributed by atoms with Gasteiger partial charge in [-0.25, -0.2) is 4.98 Å². The summed E-state index contributed by atoms with van der Waals surface area (Å²) in [7, 11) is 0. The minimum Gasteiger partial charge on any atom is -0.306 e. The zero-order valence-electron chi connectivity index (χ0n) is 9.59. The van der Waals surface area contributed by atoms with Crippen molar-refractivity contribution >= 4 is 22.9 Å². The number of alkyl halides is 1. The Morgan fingerprint density at radius 2 is 2.27 bits per heavy atom. The number of hydrogen-bond acceptors (Lipinski definition) is 3. The predicted molar refractivity (Wildman–Crippen MR) is 67.7 cm³/mol. The summed E-state index contributed by atoms with van der Waals surface area (Å²) in [5, 5.41) is 6.67. The first-order valence-electron chi connectivity index (χ1n) is 5.32. The van der Waals surface area contributed by atoms with Crippen molar-refractivity contribution in [2.75, 3.05) is 5.88 Å². The lowest BCUT2D eigenvalue weighted by molar-refractivity contribution is 0.444. The lowest BCUT2D eigenvalue weighted by Crippen LogP contribution is -2.31. The monoisotopic (exact) mass is 246 g/mol. The largest absolute Gasteiger partial charge is 0.306 e. The Hall–Kier alpha value is -0.120. The molecule has 1 unspecified atom stereocenters. The molecule has 0 spiro atoms. The van der Waals surface area contributed by atoms with E-state index in [1.807, 2.05) is 6.92 Å². The van der Waals surface area contributed by atoms with E-state index < -0.39 is 0 Å². The van der Waals surface area contributed by atoms with E-state index in [-0.39, 0.29) is 0 Å². The molecule has 0 aliphatic rings. The van der Waals surface area contributed by atoms with Gasteiger partial charge in [0, 0.05) is 29.5 Å². The van der Waals surface area contributed by atoms with Crippen LogP contribution in [0.5, 0.6) is 0 Å². The van der Waals surface area contributed by atoms with Crippen LogP contribution in [0.1, 0.15) is 31.0 Å². The number of aryl methyl sites for hydroxylation is 1. The van der Waals surface area contributed by atoms with E-state index in [0.29, 0.717) is 17.8 Å². The van der Waals surface area contributed by atoms with Gasteiger partial charge in [0.2, 0.25) is 0 Å². The van der Waals surface area contributed by atoms with Gasteiger partial charge in [-0.05, 0) is 19.3 Å². The molecule has 1 heterocycles. The number of thiazole rings is 1. The first-order valence-corrected chi connectivity index (χ1v) is 6.73. The van der Waals surface area contributed by atoms with Gasteiger partial charge < -0.3 is 5.32 Å². The van der Waals surface area contributed by atoms with Gasteiger partial charge in [0.1, 0.15) is 5.01 Å². The summed E-state index contributed by atoms with van der Waals surface area (Å²) in [5.41, 5.74) is 1.10. The molecule has 1 rings (SSSR count). The van der Waals surface area contributed by atoms with Crippen molar-refractivity contribution in [3.63, 3.8) is 0 Å². The van der Waals surface area contributed by atoms with Gasteiger partial charge in [0.05, 0.1) is 0 Å². The number of hydrogen-bond donors (Lipinski definition) is 1. The number of aromatic nitrogens is 1. The van der Waals surface area contributed by atoms with E-state index in [1.165, 1.54) is 0 Å². The summed E-state index contributed by atoms with van der Waals surface area (Å²) in [4.78, 5) is 4.41. The molecular formula is C11H19ClN2S. The highest BCUT2D eigenvalue weighted by atomic mass is 35.5. The quantitative estimate of drug-likeness (QED) is 0.780. The Bertz CT molecular complexity index is 286. The van der Waals surface area contributed by atoms with Crippen LogP contribution >= 0.6 is 22.9 Å². The fourth-order valence-corrected chi connectivity index (χ4v) is 2.44. The SMILES string of the molecule is Cc1csc(CNC(CCl)CC(C)C)n1. The summed E-state index contributed by atoms with van der Waals surface area (Å²) in [6.07, 6.45) is 1.12. The van der Waals surface area contributed by atoms with Gasteiger partial charge in [0.15, 0.2) is 0 Å². The molecule has 0 aliphatic carbocycles. The lowest BCUT2D eigenvalue weighted by atomic mass is 10.1. The maximum atomic E-state index is 5.90. The normalized spacial score (nSPS) is 13.4. The molecule has 0 fully saturated rings. The van der Waals surface area contributed by atoms with E-state index in [4.69, 9.17) is 11.6 Å². The molecule has 1 atom stereocenters. The highest BCUT2D eigenvalue weighted by molar-refractivity contribution is 7.09. The average molecular weight is 247 g/mol. The van der Waals surface area contributed by atoms with Crippen molar-refractivity contribution in [2.24, 2.45) is 5.92 Å². The van der Waals surface area contributed by atoms with Crippen molar-refractivity contribution < 1.29 is 0 Å². The number of halogens is 1. The molecule has 0 aliphatic heterocycles. The van der Waals surface area contributed by atoms with Crippen LogP contribution in [0.15, 0.2) is 5.38 Å². The van der Waals surface area contributed by atoms with E-state index in [9.17, 15) is 0 Å². The molecule has 1 aromatic rings. The van der Waals surface area contributed by atoms with E-state index in [0.717, 1.165) is 23.7 Å². The molecule has 15 heavy (non-hydrogen) atoms. The summed E-state index contributed by atoms with van der Waals surface area (Å²) in [6, 6.07) is 0.399. The standard InChI is InChI=1S/C11H19ClN2S/c1-8(2)4-10(5-12)13-6-11-14-9(3)7-15-11/h7-8,10,13H,4-6H2,1-3H3. The summed E-state index contributed by atoms with van der Waals surface area (Å²) < 4.78 is 0. The highest BCUT2D eigenvalue weighted by Gasteiger charge is 2.09. The molecule has 4 heteroatoms. The van der Waals surface area contributed by atoms with Gasteiger partial charge in [-0.2, -0.15) is 0 Å². The van der Waals surface area contributed by atoms with Gasteiger partial charge in [-0.15, -0.1) is 22.9 Å². The molecule has 0 saturated carbocycles. The average Bonchev–Trinajstić information content (AvgIpc) is 2.58. The molecule has 0 radical (unpaired) electrons. The van der Waals surface area contributed by atoms with Crippen molar-refractivity contribution in [2.45, 2.75) is 39.8 Å². The Balaban J connectivity index is 2.34. The van der Waals surface area contributed by atoms with Crippen molar-refractivity contribution in [1.82, 2.24) is 10.3 Å². The van der Waals surface area contributed by atoms with Crippen LogP contribution in [0.3, 0.4) is 0 Å². The van der Waals surface area contributed by atoms with E-state index in [2.05, 4.69) is 29.5 Å². The molecule has 0 amide bonds. The lowest BCUT2D eigenvalue weighted by Gasteiger charge is -2.17. The zero-order chi connectivity index (χ0) is 11.3. The maximum Gasteiger partial charge on any atom is 0.107 e. The zero-order valence-corrected chi connectivity index (χ0v) is 11.2. The van der Waals surface area contributed by atoms with Gasteiger partial charge in [-0.1, -0.05) is 13.8 Å². The van der Waals surface area contributed by atoms with Gasteiger partial charge >= 0.3 is 0 Å². The second-order valence-corrected chi connectivity index (χ2v) is 5.50. The fraction of sp³-hybridized carbons (Fsp3) is 0.727. The van der Waals surface area contributed by atoms with Crippen LogP contribution in [-0.4, -0.2) is 16.9 Å². The van der Waals surface area contributed by atoms with E-state index >= 15 is 0 Å². The first-order chi connectivity index (χ1) is 7.11. The molecule has 0 bridgehead atoms. The number of nitrogens with one attached hydrogen (secondary N) is 1. The van der Waals surface area contributed by atoms with Crippen LogP contribution in [0, 0.1) is 12.8 Å². The second-order valence-electron chi connectivity index (χ2n) is 4.24. The van der Waals surface area contributed by atoms with Crippen LogP contribution in [-0.2, 0) is 6.54 Å². The Labute approximate surface area is 101 Å². The molecule has 0 aromatic carbocycles. The first kappa shape index (κ1) is 12.9. The Kier molecular flexibility index (Phi) is 5.58. The minimum atomic E-state index is 0.399. The third kappa shape index (κ3) is 4.96. The Morgan fingerprint density at radius 1 is 1.53 bits per heavy atom. The molecule has 1 N–H and O–H groups in total. The Morgan fingerprint density at radius 3 is 2.73 bits per heavy atom. The van der Waals surface area contributed by atoms with Crippen molar-refractivity contribution in [3.8, 4) is 0 Å². The fourth-order valence-electron chi connectivity index (χ4n) is 1.49. The predicted octanol–water partition coefficient (Wildman–Crippen LogP) is 3.19. The molecular weight excluding hydrogens is 228 g/mol. The molecule has 2 nitrogen and oxygen atoms in total. The number of nitrogens with zero attached hydrogens (tertiary/aromatic N) is 1. The van der Waals surface area contributed by atoms with Crippen molar-refractivity contribution in [1.29, 1.82) is 0 Å². The van der Waals surface area contributed by atoms with Crippen LogP contribution in [0.2, 0.25) is 0 Å². The van der Waals surface area contributed by atoms with Crippen LogP contribution < -0.4 is 5.32 Å². The van der Waals surface area contributed by atoms with Crippen LogP contribution in [0.25, 0.3) is 0 Å². The third-order valence-corrected chi connectivity index (χ3v) is 3.49. The molecule has 86 valence electrons. The third-order valence-electron chi connectivity index (χ3n) is 2.15. The van der Waals surface area contributed by atoms with Gasteiger partial charge in [0.25, 0.3) is 0 Å². The number of rotatable bonds is 6. The summed E-state index contributed by atoms with van der Waals surface area (Å²) in [6.45, 7) is 7.29. The minimum absolute atomic E-state index is 0.399. The summed E-state index contributed by atoms with van der Waals surface area (Å²) in [5.74, 6) is 1.35. The van der Waals surface area contributed by atoms with Crippen LogP contribution in [0.4, 0.5) is 0 Å².